The van der Waals surface area contributed by atoms with Crippen molar-refractivity contribution in [2.45, 2.75) is 0 Å². The van der Waals surface area contributed by atoms with Gasteiger partial charge in [0.05, 0.1) is 5.33 Å². The summed E-state index contributed by atoms with van der Waals surface area (Å²) in [5, 5.41) is 0.700. The van der Waals surface area contributed by atoms with Crippen LogP contribution in [0.4, 0.5) is 0 Å². The summed E-state index contributed by atoms with van der Waals surface area (Å²) in [6, 6.07) is 2.83. The van der Waals surface area contributed by atoms with Crippen molar-refractivity contribution in [2.75, 3.05) is 5.33 Å². The molecular weight excluding hydrogens is 180 g/mol. The van der Waals surface area contributed by atoms with Gasteiger partial charge in [-0.25, -0.2) is 4.98 Å². The highest BCUT2D eigenvalue weighted by molar-refractivity contribution is 9.09. The molecule has 1 heterocycles. The molecule has 0 aromatic carbocycles. The fourth-order valence-corrected chi connectivity index (χ4v) is 0.572. The molecule has 0 unspecified atom stereocenters. The second-order valence-corrected chi connectivity index (χ2v) is 1.95. The Balaban J connectivity index is 2.67. The van der Waals surface area contributed by atoms with Crippen molar-refractivity contribution in [1.29, 1.82) is 0 Å². The third-order valence-electron chi connectivity index (χ3n) is 0.779. The van der Waals surface area contributed by atoms with Crippen LogP contribution in [0.25, 0.3) is 0 Å². The van der Waals surface area contributed by atoms with Crippen LogP contribution in [-0.4, -0.2) is 14.9 Å². The number of alkyl halides is 1. The highest BCUT2D eigenvalue weighted by Gasteiger charge is 1.76. The first-order chi connectivity index (χ1) is 4.43. The van der Waals surface area contributed by atoms with Crippen molar-refractivity contribution in [3.8, 4) is 12.0 Å². The van der Waals surface area contributed by atoms with Crippen LogP contribution in [0.15, 0.2) is 18.7 Å². The van der Waals surface area contributed by atoms with Crippen LogP contribution in [0.1, 0.15) is 0 Å². The highest BCUT2D eigenvalue weighted by Crippen LogP contribution is 1.79. The van der Waals surface area contributed by atoms with E-state index in [0.29, 0.717) is 5.33 Å². The molecule has 0 aliphatic heterocycles. The van der Waals surface area contributed by atoms with Crippen molar-refractivity contribution in [1.82, 2.24) is 9.55 Å². The predicted molar refractivity (Wildman–Crippen MR) is 39.2 cm³/mol. The van der Waals surface area contributed by atoms with Gasteiger partial charge in [-0.05, 0) is 0 Å². The van der Waals surface area contributed by atoms with Crippen LogP contribution in [0, 0.1) is 12.0 Å². The molecule has 0 N–H and O–H groups in total. The Morgan fingerprint density at radius 2 is 2.56 bits per heavy atom. The fraction of sp³-hybridized carbons (Fsp3) is 0.167. The molecule has 46 valence electrons. The molecule has 0 atom stereocenters. The Hall–Kier alpha value is -0.750. The maximum atomic E-state index is 3.82. The van der Waals surface area contributed by atoms with Crippen LogP contribution in [0.2, 0.25) is 0 Å². The van der Waals surface area contributed by atoms with E-state index in [1.807, 2.05) is 0 Å². The normalized spacial score (nSPS) is 8.11. The lowest BCUT2D eigenvalue weighted by molar-refractivity contribution is 1.11. The van der Waals surface area contributed by atoms with Crippen molar-refractivity contribution in [3.05, 3.63) is 18.7 Å². The molecule has 1 aromatic rings. The summed E-state index contributed by atoms with van der Waals surface area (Å²) in [7, 11) is 0. The zero-order valence-electron chi connectivity index (χ0n) is 4.71. The largest absolute Gasteiger partial charge is 0.265 e. The van der Waals surface area contributed by atoms with Crippen LogP contribution in [0.3, 0.4) is 0 Å². The number of aromatic nitrogens is 2. The van der Waals surface area contributed by atoms with Gasteiger partial charge in [0.2, 0.25) is 0 Å². The number of hydrogen-bond acceptors (Lipinski definition) is 1. The van der Waals surface area contributed by atoms with E-state index in [1.165, 1.54) is 0 Å². The van der Waals surface area contributed by atoms with E-state index in [4.69, 9.17) is 0 Å². The molecule has 0 bridgehead atoms. The van der Waals surface area contributed by atoms with Crippen LogP contribution in [0.5, 0.6) is 0 Å². The van der Waals surface area contributed by atoms with Crippen molar-refractivity contribution in [2.24, 2.45) is 0 Å². The first-order valence-corrected chi connectivity index (χ1v) is 3.58. The zero-order chi connectivity index (χ0) is 6.53. The van der Waals surface area contributed by atoms with Crippen molar-refractivity contribution in [3.63, 3.8) is 0 Å². The molecule has 1 rings (SSSR count). The van der Waals surface area contributed by atoms with Crippen molar-refractivity contribution >= 4 is 15.9 Å². The lowest BCUT2D eigenvalue weighted by atomic mass is 10.7. The average molecular weight is 185 g/mol. The quantitative estimate of drug-likeness (QED) is 0.437. The predicted octanol–water partition coefficient (Wildman–Crippen LogP) is 1.09. The van der Waals surface area contributed by atoms with E-state index in [9.17, 15) is 0 Å². The second kappa shape index (κ2) is 3.31. The number of halogens is 1. The van der Waals surface area contributed by atoms with Gasteiger partial charge in [-0.3, -0.25) is 4.57 Å². The Kier molecular flexibility index (Phi) is 2.34. The smallest absolute Gasteiger partial charge is 0.106 e. The minimum Gasteiger partial charge on any atom is -0.265 e. The van der Waals surface area contributed by atoms with Gasteiger partial charge >= 0.3 is 0 Å². The molecule has 0 spiro atoms. The third kappa shape index (κ3) is 1.90. The Labute approximate surface area is 62.0 Å². The van der Waals surface area contributed by atoms with E-state index in [-0.39, 0.29) is 0 Å². The Morgan fingerprint density at radius 3 is 3.11 bits per heavy atom. The molecule has 9 heavy (non-hydrogen) atoms. The fourth-order valence-electron chi connectivity index (χ4n) is 0.446. The molecule has 0 fully saturated rings. The minimum atomic E-state index is 0.700. The van der Waals surface area contributed by atoms with E-state index in [1.54, 1.807) is 23.3 Å². The molecule has 2 nitrogen and oxygen atoms in total. The lowest BCUT2D eigenvalue weighted by Gasteiger charge is -1.79. The summed E-state index contributed by atoms with van der Waals surface area (Å²) >= 11 is 3.19. The summed E-state index contributed by atoms with van der Waals surface area (Å²) in [5.41, 5.74) is 0. The van der Waals surface area contributed by atoms with E-state index in [2.05, 4.69) is 32.9 Å². The van der Waals surface area contributed by atoms with Gasteiger partial charge in [-0.1, -0.05) is 21.9 Å². The van der Waals surface area contributed by atoms with Gasteiger partial charge < -0.3 is 0 Å². The lowest BCUT2D eigenvalue weighted by Crippen LogP contribution is -1.80. The summed E-state index contributed by atoms with van der Waals surface area (Å²) in [6.45, 7) is 0. The summed E-state index contributed by atoms with van der Waals surface area (Å²) in [5.74, 6) is 2.84. The van der Waals surface area contributed by atoms with E-state index >= 15 is 0 Å². The summed E-state index contributed by atoms with van der Waals surface area (Å²) in [4.78, 5) is 3.82. The van der Waals surface area contributed by atoms with E-state index in [0.717, 1.165) is 0 Å². The molecule has 0 aliphatic carbocycles. The monoisotopic (exact) mass is 184 g/mol. The zero-order valence-corrected chi connectivity index (χ0v) is 6.30. The Morgan fingerprint density at radius 1 is 1.67 bits per heavy atom. The first kappa shape index (κ1) is 6.37. The second-order valence-electron chi connectivity index (χ2n) is 1.39. The molecule has 3 heteroatoms. The molecule has 0 radical (unpaired) electrons. The van der Waals surface area contributed by atoms with Crippen molar-refractivity contribution < 1.29 is 0 Å². The van der Waals surface area contributed by atoms with Gasteiger partial charge in [0.1, 0.15) is 6.33 Å². The minimum absolute atomic E-state index is 0.700. The van der Waals surface area contributed by atoms with Gasteiger partial charge in [-0.2, -0.15) is 0 Å². The molecule has 0 saturated heterocycles. The molecule has 0 saturated carbocycles. The van der Waals surface area contributed by atoms with Crippen LogP contribution < -0.4 is 0 Å². The van der Waals surface area contributed by atoms with Crippen LogP contribution in [-0.2, 0) is 0 Å². The van der Waals surface area contributed by atoms with Gasteiger partial charge in [0.25, 0.3) is 0 Å². The average Bonchev–Trinajstić information content (AvgIpc) is 2.34. The van der Waals surface area contributed by atoms with E-state index < -0.39 is 0 Å². The number of imidazole rings is 1. The van der Waals surface area contributed by atoms with Gasteiger partial charge in [0, 0.05) is 18.4 Å². The van der Waals surface area contributed by atoms with Gasteiger partial charge in [-0.15, -0.1) is 0 Å². The molecule has 0 amide bonds. The highest BCUT2D eigenvalue weighted by atomic mass is 79.9. The summed E-state index contributed by atoms with van der Waals surface area (Å²) < 4.78 is 1.71. The molecule has 0 aliphatic rings. The SMILES string of the molecule is BrCC#Cn1ccnc1. The molecular formula is C6H5BrN2. The van der Waals surface area contributed by atoms with Crippen LogP contribution >= 0.6 is 15.9 Å². The summed E-state index contributed by atoms with van der Waals surface area (Å²) in [6.07, 6.45) is 5.16. The van der Waals surface area contributed by atoms with Gasteiger partial charge in [0.15, 0.2) is 0 Å². The topological polar surface area (TPSA) is 17.8 Å². The standard InChI is InChI=1S/C6H5BrN2/c7-2-1-4-9-5-3-8-6-9/h3,5-6H,2H2. The number of hydrogen-bond donors (Lipinski definition) is 0. The molecule has 1 aromatic heterocycles. The third-order valence-corrected chi connectivity index (χ3v) is 1.06. The first-order valence-electron chi connectivity index (χ1n) is 2.46. The number of rotatable bonds is 0. The maximum Gasteiger partial charge on any atom is 0.106 e. The number of nitrogens with zero attached hydrogens (tertiary/aromatic N) is 2. The maximum absolute atomic E-state index is 3.82. The Bertz CT molecular complexity index is 217.